The van der Waals surface area contributed by atoms with Crippen molar-refractivity contribution in [2.45, 2.75) is 50.7 Å². The molecule has 0 aliphatic rings. The molecule has 208 valence electrons. The van der Waals surface area contributed by atoms with Crippen LogP contribution in [0.2, 0.25) is 15.1 Å². The molecule has 0 saturated heterocycles. The Kier molecular flexibility index (Phi) is 11.2. The molecule has 1 unspecified atom stereocenters. The first kappa shape index (κ1) is 30.9. The van der Waals surface area contributed by atoms with E-state index in [2.05, 4.69) is 10.0 Å². The summed E-state index contributed by atoms with van der Waals surface area (Å²) in [6, 6.07) is 17.7. The minimum atomic E-state index is -3.55. The van der Waals surface area contributed by atoms with Gasteiger partial charge in [-0.25, -0.2) is 13.1 Å². The number of nitrogens with zero attached hydrogens (tertiary/aromatic N) is 1. The van der Waals surface area contributed by atoms with Crippen molar-refractivity contribution < 1.29 is 18.0 Å². The fourth-order valence-electron chi connectivity index (χ4n) is 3.87. The number of carbonyl (C=O) groups excluding carboxylic acids is 2. The molecule has 2 N–H and O–H groups in total. The number of hydrogen-bond acceptors (Lipinski definition) is 4. The average Bonchev–Trinajstić information content (AvgIpc) is 2.90. The number of sulfonamides is 1. The molecule has 0 aliphatic carbocycles. The number of aryl methyl sites for hydroxylation is 1. The number of carbonyl (C=O) groups is 2. The highest BCUT2D eigenvalue weighted by molar-refractivity contribution is 7.89. The third kappa shape index (κ3) is 8.95. The van der Waals surface area contributed by atoms with Gasteiger partial charge in [0.05, 0.1) is 4.90 Å². The smallest absolute Gasteiger partial charge is 0.242 e. The van der Waals surface area contributed by atoms with Crippen LogP contribution in [0.1, 0.15) is 37.0 Å². The van der Waals surface area contributed by atoms with E-state index in [1.807, 2.05) is 12.1 Å². The fraction of sp³-hybridized carbons (Fsp3) is 0.286. The molecule has 7 nitrogen and oxygen atoms in total. The second-order valence-corrected chi connectivity index (χ2v) is 12.0. The lowest BCUT2D eigenvalue weighted by atomic mass is 10.1. The molecule has 39 heavy (non-hydrogen) atoms. The molecule has 3 rings (SSSR count). The molecular formula is C28H30Cl3N3O4S. The maximum Gasteiger partial charge on any atom is 0.242 e. The van der Waals surface area contributed by atoms with Gasteiger partial charge in [0.15, 0.2) is 0 Å². The number of rotatable bonds is 12. The molecule has 3 aromatic rings. The quantitative estimate of drug-likeness (QED) is 0.279. The van der Waals surface area contributed by atoms with Crippen LogP contribution < -0.4 is 10.0 Å². The molecule has 11 heteroatoms. The summed E-state index contributed by atoms with van der Waals surface area (Å²) in [7, 11) is -3.55. The maximum absolute atomic E-state index is 13.4. The van der Waals surface area contributed by atoms with E-state index in [9.17, 15) is 18.0 Å². The first-order chi connectivity index (χ1) is 18.5. The molecule has 3 aromatic carbocycles. The third-order valence-electron chi connectivity index (χ3n) is 6.10. The van der Waals surface area contributed by atoms with E-state index in [-0.39, 0.29) is 36.2 Å². The lowest BCUT2D eigenvalue weighted by Crippen LogP contribution is -2.47. The van der Waals surface area contributed by atoms with Gasteiger partial charge in [-0.05, 0) is 66.4 Å². The van der Waals surface area contributed by atoms with Crippen molar-refractivity contribution in [2.24, 2.45) is 0 Å². The van der Waals surface area contributed by atoms with Gasteiger partial charge >= 0.3 is 0 Å². The number of hydrogen-bond donors (Lipinski definition) is 2. The monoisotopic (exact) mass is 609 g/mol. The summed E-state index contributed by atoms with van der Waals surface area (Å²) < 4.78 is 26.8. The second-order valence-electron chi connectivity index (χ2n) is 8.92. The molecule has 2 amide bonds. The van der Waals surface area contributed by atoms with E-state index < -0.39 is 16.1 Å². The average molecular weight is 611 g/mol. The van der Waals surface area contributed by atoms with Crippen molar-refractivity contribution >= 4 is 56.6 Å². The Balaban J connectivity index is 1.71. The van der Waals surface area contributed by atoms with Gasteiger partial charge in [0.1, 0.15) is 6.04 Å². The van der Waals surface area contributed by atoms with Crippen molar-refractivity contribution in [1.82, 2.24) is 14.9 Å². The number of amides is 2. The van der Waals surface area contributed by atoms with Gasteiger partial charge in [0, 0.05) is 41.1 Å². The Morgan fingerprint density at radius 1 is 0.897 bits per heavy atom. The van der Waals surface area contributed by atoms with Gasteiger partial charge in [0.2, 0.25) is 21.8 Å². The Morgan fingerprint density at radius 3 is 2.13 bits per heavy atom. The van der Waals surface area contributed by atoms with E-state index in [0.29, 0.717) is 33.6 Å². The number of benzene rings is 3. The molecule has 0 spiro atoms. The van der Waals surface area contributed by atoms with Gasteiger partial charge in [-0.15, -0.1) is 0 Å². The van der Waals surface area contributed by atoms with Gasteiger partial charge in [-0.2, -0.15) is 0 Å². The molecule has 0 aromatic heterocycles. The van der Waals surface area contributed by atoms with E-state index in [1.54, 1.807) is 56.3 Å². The summed E-state index contributed by atoms with van der Waals surface area (Å²) in [6.45, 7) is 4.07. The SMILES string of the molecule is CCNS(=O)(=O)c1ccc(CCC(=O)N(Cc2ccc(Cl)cc2)C(C)C(=O)NCc2ccc(Cl)cc2Cl)cc1. The van der Waals surface area contributed by atoms with Crippen LogP contribution in [0, 0.1) is 0 Å². The number of nitrogens with one attached hydrogen (secondary N) is 2. The van der Waals surface area contributed by atoms with E-state index in [1.165, 1.54) is 17.0 Å². The molecule has 0 aliphatic heterocycles. The van der Waals surface area contributed by atoms with Crippen LogP contribution in [-0.4, -0.2) is 37.7 Å². The Bertz CT molecular complexity index is 1400. The normalized spacial score (nSPS) is 12.1. The maximum atomic E-state index is 13.4. The summed E-state index contributed by atoms with van der Waals surface area (Å²) >= 11 is 18.2. The zero-order valence-corrected chi connectivity index (χ0v) is 24.7. The van der Waals surface area contributed by atoms with Gasteiger partial charge in [-0.3, -0.25) is 9.59 Å². The van der Waals surface area contributed by atoms with Gasteiger partial charge < -0.3 is 10.2 Å². The highest BCUT2D eigenvalue weighted by Crippen LogP contribution is 2.21. The standard InChI is InChI=1S/C28H30Cl3N3O4S/c1-3-33-39(37,38)25-13-6-20(7-14-25)8-15-27(35)34(18-21-4-10-23(29)11-5-21)19(2)28(36)32-17-22-9-12-24(30)16-26(22)31/h4-7,9-14,16,19,33H,3,8,15,17-18H2,1-2H3,(H,32,36). The lowest BCUT2D eigenvalue weighted by molar-refractivity contribution is -0.140. The van der Waals surface area contributed by atoms with Crippen molar-refractivity contribution in [1.29, 1.82) is 0 Å². The van der Waals surface area contributed by atoms with Crippen molar-refractivity contribution in [3.05, 3.63) is 98.5 Å². The summed E-state index contributed by atoms with van der Waals surface area (Å²) in [5, 5.41) is 4.36. The largest absolute Gasteiger partial charge is 0.350 e. The minimum absolute atomic E-state index is 0.132. The summed E-state index contributed by atoms with van der Waals surface area (Å²) in [5.74, 6) is -0.553. The van der Waals surface area contributed by atoms with Crippen LogP contribution in [0.4, 0.5) is 0 Å². The highest BCUT2D eigenvalue weighted by Gasteiger charge is 2.26. The topological polar surface area (TPSA) is 95.6 Å². The third-order valence-corrected chi connectivity index (χ3v) is 8.50. The second kappa shape index (κ2) is 14.1. The Hall–Kier alpha value is -2.62. The first-order valence-corrected chi connectivity index (χ1v) is 15.0. The van der Waals surface area contributed by atoms with Gasteiger partial charge in [0.25, 0.3) is 0 Å². The zero-order valence-electron chi connectivity index (χ0n) is 21.6. The fourth-order valence-corrected chi connectivity index (χ4v) is 5.51. The summed E-state index contributed by atoms with van der Waals surface area (Å²) in [5.41, 5.74) is 2.34. The van der Waals surface area contributed by atoms with Crippen LogP contribution >= 0.6 is 34.8 Å². The molecule has 0 heterocycles. The molecule has 0 bridgehead atoms. The summed E-state index contributed by atoms with van der Waals surface area (Å²) in [6.07, 6.45) is 0.514. The van der Waals surface area contributed by atoms with Crippen LogP contribution in [0.5, 0.6) is 0 Å². The molecule has 0 saturated carbocycles. The van der Waals surface area contributed by atoms with E-state index in [4.69, 9.17) is 34.8 Å². The highest BCUT2D eigenvalue weighted by atomic mass is 35.5. The van der Waals surface area contributed by atoms with Gasteiger partial charge in [-0.1, -0.05) is 72.1 Å². The summed E-state index contributed by atoms with van der Waals surface area (Å²) in [4.78, 5) is 28.2. The Morgan fingerprint density at radius 2 is 1.51 bits per heavy atom. The zero-order chi connectivity index (χ0) is 28.6. The predicted molar refractivity (Wildman–Crippen MR) is 155 cm³/mol. The molecule has 1 atom stereocenters. The number of halogens is 3. The van der Waals surface area contributed by atoms with E-state index >= 15 is 0 Å². The predicted octanol–water partition coefficient (Wildman–Crippen LogP) is 5.61. The molecule has 0 fully saturated rings. The van der Waals surface area contributed by atoms with Crippen molar-refractivity contribution in [3.63, 3.8) is 0 Å². The van der Waals surface area contributed by atoms with Crippen LogP contribution in [0.25, 0.3) is 0 Å². The lowest BCUT2D eigenvalue weighted by Gasteiger charge is -2.29. The minimum Gasteiger partial charge on any atom is -0.350 e. The van der Waals surface area contributed by atoms with Crippen LogP contribution in [0.3, 0.4) is 0 Å². The van der Waals surface area contributed by atoms with Crippen molar-refractivity contribution in [2.75, 3.05) is 6.54 Å². The first-order valence-electron chi connectivity index (χ1n) is 12.3. The Labute approximate surface area is 244 Å². The van der Waals surface area contributed by atoms with Crippen molar-refractivity contribution in [3.8, 4) is 0 Å². The molecular weight excluding hydrogens is 581 g/mol. The van der Waals surface area contributed by atoms with Crippen LogP contribution in [0.15, 0.2) is 71.6 Å². The molecule has 0 radical (unpaired) electrons. The van der Waals surface area contributed by atoms with Crippen LogP contribution in [-0.2, 0) is 39.1 Å². The van der Waals surface area contributed by atoms with E-state index in [0.717, 1.165) is 11.1 Å².